The van der Waals surface area contributed by atoms with E-state index in [0.29, 0.717) is 11.8 Å². The first kappa shape index (κ1) is 16.3. The van der Waals surface area contributed by atoms with Crippen molar-refractivity contribution in [1.82, 2.24) is 0 Å². The monoisotopic (exact) mass is 350 g/mol. The van der Waals surface area contributed by atoms with Crippen molar-refractivity contribution in [3.05, 3.63) is 34.3 Å². The molecule has 0 N–H and O–H groups in total. The van der Waals surface area contributed by atoms with Crippen LogP contribution in [0.4, 0.5) is 0 Å². The average Bonchev–Trinajstić information content (AvgIpc) is 2.36. The van der Waals surface area contributed by atoms with E-state index in [0.717, 1.165) is 16.8 Å². The van der Waals surface area contributed by atoms with Gasteiger partial charge in [0.1, 0.15) is 0 Å². The van der Waals surface area contributed by atoms with Crippen LogP contribution in [0.15, 0.2) is 28.7 Å². The molecule has 0 fully saturated rings. The highest BCUT2D eigenvalue weighted by atomic mass is 79.9. The summed E-state index contributed by atoms with van der Waals surface area (Å²) in [6, 6.07) is 8.38. The summed E-state index contributed by atoms with van der Waals surface area (Å²) < 4.78 is 1.09. The van der Waals surface area contributed by atoms with Crippen LogP contribution in [0.5, 0.6) is 0 Å². The molecule has 18 heavy (non-hydrogen) atoms. The van der Waals surface area contributed by atoms with Gasteiger partial charge in [-0.15, -0.1) is 23.2 Å². The van der Waals surface area contributed by atoms with Gasteiger partial charge in [-0.1, -0.05) is 54.8 Å². The first-order valence-corrected chi connectivity index (χ1v) is 8.28. The topological polar surface area (TPSA) is 0 Å². The lowest BCUT2D eigenvalue weighted by molar-refractivity contribution is 0.432. The fourth-order valence-corrected chi connectivity index (χ4v) is 3.25. The molecule has 1 aromatic rings. The summed E-state index contributed by atoms with van der Waals surface area (Å²) in [5.74, 6) is 1.89. The van der Waals surface area contributed by atoms with Crippen LogP contribution in [0.3, 0.4) is 0 Å². The van der Waals surface area contributed by atoms with Gasteiger partial charge >= 0.3 is 0 Å². The average molecular weight is 352 g/mol. The van der Waals surface area contributed by atoms with Crippen LogP contribution in [0.25, 0.3) is 0 Å². The Morgan fingerprint density at radius 2 is 1.67 bits per heavy atom. The predicted molar refractivity (Wildman–Crippen MR) is 85.9 cm³/mol. The molecule has 3 heteroatoms. The van der Waals surface area contributed by atoms with Crippen LogP contribution in [0, 0.1) is 5.92 Å². The Morgan fingerprint density at radius 3 is 2.11 bits per heavy atom. The van der Waals surface area contributed by atoms with Gasteiger partial charge in [0.15, 0.2) is 0 Å². The SMILES string of the molecule is CC(C)CCCC(CCl)(CCl)c1ccc(Br)cc1. The third kappa shape index (κ3) is 4.43. The fourth-order valence-electron chi connectivity index (χ4n) is 2.12. The Hall–Kier alpha value is 0.280. The molecule has 0 saturated heterocycles. The van der Waals surface area contributed by atoms with Crippen LogP contribution in [-0.4, -0.2) is 11.8 Å². The molecule has 0 aliphatic heterocycles. The van der Waals surface area contributed by atoms with Crippen LogP contribution in [0.1, 0.15) is 38.7 Å². The van der Waals surface area contributed by atoms with Crippen molar-refractivity contribution in [2.45, 2.75) is 38.5 Å². The molecular formula is C15H21BrCl2. The van der Waals surface area contributed by atoms with Crippen molar-refractivity contribution < 1.29 is 0 Å². The first-order valence-electron chi connectivity index (χ1n) is 6.42. The second-order valence-electron chi connectivity index (χ2n) is 5.34. The molecule has 0 heterocycles. The van der Waals surface area contributed by atoms with E-state index < -0.39 is 0 Å². The van der Waals surface area contributed by atoms with Gasteiger partial charge in [-0.2, -0.15) is 0 Å². The Labute approximate surface area is 129 Å². The van der Waals surface area contributed by atoms with Crippen molar-refractivity contribution >= 4 is 39.1 Å². The molecular weight excluding hydrogens is 331 g/mol. The number of alkyl halides is 2. The summed E-state index contributed by atoms with van der Waals surface area (Å²) in [5.41, 5.74) is 1.16. The van der Waals surface area contributed by atoms with Gasteiger partial charge in [-0.05, 0) is 30.0 Å². The summed E-state index contributed by atoms with van der Waals surface area (Å²) in [6.07, 6.45) is 3.46. The normalized spacial score (nSPS) is 12.1. The van der Waals surface area contributed by atoms with Gasteiger partial charge in [-0.25, -0.2) is 0 Å². The molecule has 1 aromatic carbocycles. The van der Waals surface area contributed by atoms with Gasteiger partial charge in [0.05, 0.1) is 0 Å². The van der Waals surface area contributed by atoms with E-state index in [9.17, 15) is 0 Å². The molecule has 0 nitrogen and oxygen atoms in total. The van der Waals surface area contributed by atoms with E-state index in [1.807, 2.05) is 0 Å². The Bertz CT molecular complexity index is 342. The maximum Gasteiger partial charge on any atom is 0.0332 e. The number of hydrogen-bond acceptors (Lipinski definition) is 0. The Kier molecular flexibility index (Phi) is 7.05. The van der Waals surface area contributed by atoms with Crippen molar-refractivity contribution in [2.24, 2.45) is 5.92 Å². The highest BCUT2D eigenvalue weighted by Crippen LogP contribution is 2.34. The number of halogens is 3. The summed E-state index contributed by atoms with van der Waals surface area (Å²) in [4.78, 5) is 0. The van der Waals surface area contributed by atoms with Gasteiger partial charge in [-0.3, -0.25) is 0 Å². The van der Waals surface area contributed by atoms with E-state index in [1.165, 1.54) is 18.4 Å². The third-order valence-corrected chi connectivity index (χ3v) is 4.96. The summed E-state index contributed by atoms with van der Waals surface area (Å²) >= 11 is 15.9. The fraction of sp³-hybridized carbons (Fsp3) is 0.600. The van der Waals surface area contributed by atoms with E-state index in [-0.39, 0.29) is 5.41 Å². The lowest BCUT2D eigenvalue weighted by Crippen LogP contribution is -2.30. The number of rotatable bonds is 7. The minimum atomic E-state index is -0.0846. The minimum absolute atomic E-state index is 0.0846. The molecule has 1 rings (SSSR count). The van der Waals surface area contributed by atoms with E-state index in [1.54, 1.807) is 0 Å². The van der Waals surface area contributed by atoms with E-state index in [2.05, 4.69) is 54.0 Å². The van der Waals surface area contributed by atoms with Crippen LogP contribution < -0.4 is 0 Å². The van der Waals surface area contributed by atoms with Gasteiger partial charge < -0.3 is 0 Å². The largest absolute Gasteiger partial charge is 0.126 e. The number of hydrogen-bond donors (Lipinski definition) is 0. The zero-order valence-corrected chi connectivity index (χ0v) is 14.2. The van der Waals surface area contributed by atoms with E-state index in [4.69, 9.17) is 23.2 Å². The van der Waals surface area contributed by atoms with Crippen molar-refractivity contribution in [3.63, 3.8) is 0 Å². The molecule has 0 amide bonds. The Morgan fingerprint density at radius 1 is 1.11 bits per heavy atom. The maximum absolute atomic E-state index is 6.22. The van der Waals surface area contributed by atoms with Crippen LogP contribution >= 0.6 is 39.1 Å². The summed E-state index contributed by atoms with van der Waals surface area (Å²) in [6.45, 7) is 4.51. The minimum Gasteiger partial charge on any atom is -0.126 e. The predicted octanol–water partition coefficient (Wildman–Crippen LogP) is 5.99. The first-order chi connectivity index (χ1) is 8.54. The molecule has 0 aliphatic rings. The van der Waals surface area contributed by atoms with Gasteiger partial charge in [0.25, 0.3) is 0 Å². The van der Waals surface area contributed by atoms with Gasteiger partial charge in [0.2, 0.25) is 0 Å². The number of benzene rings is 1. The summed E-state index contributed by atoms with van der Waals surface area (Å²) in [7, 11) is 0. The molecule has 0 spiro atoms. The molecule has 0 unspecified atom stereocenters. The smallest absolute Gasteiger partial charge is 0.0332 e. The molecule has 0 aliphatic carbocycles. The lowest BCUT2D eigenvalue weighted by Gasteiger charge is -2.30. The zero-order chi connectivity index (χ0) is 13.6. The second kappa shape index (κ2) is 7.77. The molecule has 0 radical (unpaired) electrons. The lowest BCUT2D eigenvalue weighted by atomic mass is 9.79. The summed E-state index contributed by atoms with van der Waals surface area (Å²) in [5, 5.41) is 0. The quantitative estimate of drug-likeness (QED) is 0.529. The Balaban J connectivity index is 2.81. The molecule has 0 saturated carbocycles. The second-order valence-corrected chi connectivity index (χ2v) is 6.79. The zero-order valence-electron chi connectivity index (χ0n) is 11.1. The van der Waals surface area contributed by atoms with Gasteiger partial charge in [0, 0.05) is 21.6 Å². The van der Waals surface area contributed by atoms with Crippen LogP contribution in [-0.2, 0) is 5.41 Å². The highest BCUT2D eigenvalue weighted by Gasteiger charge is 2.30. The third-order valence-electron chi connectivity index (χ3n) is 3.40. The van der Waals surface area contributed by atoms with E-state index >= 15 is 0 Å². The molecule has 102 valence electrons. The van der Waals surface area contributed by atoms with Crippen molar-refractivity contribution in [2.75, 3.05) is 11.8 Å². The molecule has 0 atom stereocenters. The highest BCUT2D eigenvalue weighted by molar-refractivity contribution is 9.10. The molecule has 0 bridgehead atoms. The molecule has 0 aromatic heterocycles. The van der Waals surface area contributed by atoms with Crippen molar-refractivity contribution in [3.8, 4) is 0 Å². The standard InChI is InChI=1S/C15H21BrCl2/c1-12(2)4-3-9-15(10-17,11-18)13-5-7-14(16)8-6-13/h5-8,12H,3-4,9-11H2,1-2H3. The van der Waals surface area contributed by atoms with Crippen LogP contribution in [0.2, 0.25) is 0 Å². The van der Waals surface area contributed by atoms with Crippen molar-refractivity contribution in [1.29, 1.82) is 0 Å². The maximum atomic E-state index is 6.22.